The number of fused-ring (bicyclic) bond motifs is 10. The SMILES string of the molecule is CC(=O)O[C@H]1CC[C@H]2[C@@H]3CC=C4C=C(O[C@H]5CC[C@H]6[C@@H]7CCc8cc(OC(=O)c9ccccc9)ccc8[C@H]7CC[C@]56C)CC[C@@H]4[C@H]3CC[C@]12C. The summed E-state index contributed by atoms with van der Waals surface area (Å²) in [7, 11) is 0. The van der Waals surface area contributed by atoms with Crippen molar-refractivity contribution in [3.05, 3.63) is 88.7 Å². The minimum Gasteiger partial charge on any atom is -0.494 e. The summed E-state index contributed by atoms with van der Waals surface area (Å²) in [5, 5.41) is 0. The normalized spacial score (nSPS) is 39.6. The van der Waals surface area contributed by atoms with Crippen LogP contribution in [-0.4, -0.2) is 24.1 Å². The molecule has 2 aromatic rings. The van der Waals surface area contributed by atoms with Gasteiger partial charge in [0.05, 0.1) is 11.3 Å². The van der Waals surface area contributed by atoms with Crippen LogP contribution in [0.5, 0.6) is 5.75 Å². The molecule has 0 aromatic heterocycles. The second kappa shape index (κ2) is 12.4. The first kappa shape index (κ1) is 32.6. The van der Waals surface area contributed by atoms with Gasteiger partial charge in [-0.05, 0) is 166 Å². The van der Waals surface area contributed by atoms with Crippen molar-refractivity contribution in [1.29, 1.82) is 0 Å². The Morgan fingerprint density at radius 3 is 2.32 bits per heavy atom. The van der Waals surface area contributed by atoms with Gasteiger partial charge < -0.3 is 14.2 Å². The second-order valence-corrected chi connectivity index (χ2v) is 17.6. The highest BCUT2D eigenvalue weighted by molar-refractivity contribution is 5.91. The number of esters is 2. The number of carbonyl (C=O) groups is 2. The molecule has 5 nitrogen and oxygen atoms in total. The van der Waals surface area contributed by atoms with Crippen molar-refractivity contribution in [1.82, 2.24) is 0 Å². The molecule has 0 bridgehead atoms. The molecule has 50 heavy (non-hydrogen) atoms. The quantitative estimate of drug-likeness (QED) is 0.233. The van der Waals surface area contributed by atoms with Crippen LogP contribution in [0.2, 0.25) is 0 Å². The van der Waals surface area contributed by atoms with Crippen molar-refractivity contribution in [2.45, 2.75) is 122 Å². The van der Waals surface area contributed by atoms with E-state index in [1.165, 1.54) is 74.7 Å². The fourth-order valence-corrected chi connectivity index (χ4v) is 13.1. The first-order chi connectivity index (χ1) is 24.2. The molecular weight excluding hydrogens is 620 g/mol. The van der Waals surface area contributed by atoms with Crippen LogP contribution in [0.25, 0.3) is 0 Å². The maximum Gasteiger partial charge on any atom is 0.343 e. The highest BCUT2D eigenvalue weighted by Gasteiger charge is 2.58. The molecule has 2 aromatic carbocycles. The molecule has 0 radical (unpaired) electrons. The van der Waals surface area contributed by atoms with E-state index in [1.54, 1.807) is 24.6 Å². The van der Waals surface area contributed by atoms with Crippen molar-refractivity contribution in [3.63, 3.8) is 0 Å². The highest BCUT2D eigenvalue weighted by Crippen LogP contribution is 2.64. The van der Waals surface area contributed by atoms with Crippen LogP contribution < -0.4 is 4.74 Å². The lowest BCUT2D eigenvalue weighted by molar-refractivity contribution is -0.155. The molecule has 0 unspecified atom stereocenters. The van der Waals surface area contributed by atoms with Crippen LogP contribution in [-0.2, 0) is 20.7 Å². The van der Waals surface area contributed by atoms with Crippen molar-refractivity contribution < 1.29 is 23.8 Å². The lowest BCUT2D eigenvalue weighted by Gasteiger charge is -2.52. The molecule has 4 saturated carbocycles. The molecule has 7 aliphatic rings. The third kappa shape index (κ3) is 5.31. The minimum absolute atomic E-state index is 0.0992. The van der Waals surface area contributed by atoms with E-state index in [0.717, 1.165) is 37.5 Å². The molecular formula is C45H54O5. The predicted molar refractivity (Wildman–Crippen MR) is 193 cm³/mol. The average molecular weight is 675 g/mol. The second-order valence-electron chi connectivity index (χ2n) is 17.6. The van der Waals surface area contributed by atoms with Gasteiger partial charge >= 0.3 is 11.9 Å². The topological polar surface area (TPSA) is 61.8 Å². The van der Waals surface area contributed by atoms with Crippen LogP contribution in [0.4, 0.5) is 0 Å². The van der Waals surface area contributed by atoms with Crippen molar-refractivity contribution in [3.8, 4) is 5.75 Å². The maximum atomic E-state index is 12.7. The summed E-state index contributed by atoms with van der Waals surface area (Å²) < 4.78 is 18.8. The molecule has 11 atom stereocenters. The fourth-order valence-electron chi connectivity index (χ4n) is 13.1. The predicted octanol–water partition coefficient (Wildman–Crippen LogP) is 10.1. The number of rotatable bonds is 5. The Morgan fingerprint density at radius 1 is 0.740 bits per heavy atom. The lowest BCUT2D eigenvalue weighted by atomic mass is 9.53. The van der Waals surface area contributed by atoms with E-state index in [2.05, 4.69) is 38.1 Å². The van der Waals surface area contributed by atoms with E-state index in [4.69, 9.17) is 14.2 Å². The number of aryl methyl sites for hydroxylation is 1. The molecule has 0 aliphatic heterocycles. The molecule has 7 aliphatic carbocycles. The zero-order chi connectivity index (χ0) is 34.2. The first-order valence-electron chi connectivity index (χ1n) is 19.9. The van der Waals surface area contributed by atoms with E-state index in [9.17, 15) is 9.59 Å². The summed E-state index contributed by atoms with van der Waals surface area (Å²) in [6.45, 7) is 6.54. The van der Waals surface area contributed by atoms with E-state index >= 15 is 0 Å². The summed E-state index contributed by atoms with van der Waals surface area (Å²) >= 11 is 0. The van der Waals surface area contributed by atoms with Gasteiger partial charge in [-0.1, -0.05) is 44.2 Å². The molecule has 4 fully saturated rings. The number of benzene rings is 2. The molecule has 0 saturated heterocycles. The summed E-state index contributed by atoms with van der Waals surface area (Å²) in [5.74, 6) is 6.27. The van der Waals surface area contributed by atoms with E-state index < -0.39 is 0 Å². The molecule has 5 heteroatoms. The summed E-state index contributed by atoms with van der Waals surface area (Å²) in [6, 6.07) is 15.7. The van der Waals surface area contributed by atoms with Gasteiger partial charge in [-0.2, -0.15) is 0 Å². The van der Waals surface area contributed by atoms with Crippen LogP contribution in [0.15, 0.2) is 72.0 Å². The zero-order valence-electron chi connectivity index (χ0n) is 30.2. The fraction of sp³-hybridized carbons (Fsp3) is 0.600. The Hall–Kier alpha value is -3.34. The van der Waals surface area contributed by atoms with Crippen molar-refractivity contribution >= 4 is 11.9 Å². The third-order valence-electron chi connectivity index (χ3n) is 15.4. The molecule has 0 N–H and O–H groups in total. The Labute approximate surface area is 298 Å². The maximum absolute atomic E-state index is 12.7. The van der Waals surface area contributed by atoms with Gasteiger partial charge in [0.2, 0.25) is 0 Å². The Kier molecular flexibility index (Phi) is 8.08. The van der Waals surface area contributed by atoms with Crippen molar-refractivity contribution in [2.24, 2.45) is 46.3 Å². The molecule has 0 spiro atoms. The van der Waals surface area contributed by atoms with Crippen molar-refractivity contribution in [2.75, 3.05) is 0 Å². The number of carbonyl (C=O) groups excluding carboxylic acids is 2. The zero-order valence-corrected chi connectivity index (χ0v) is 30.2. The number of hydrogen-bond acceptors (Lipinski definition) is 5. The standard InChI is InChI=1S/C45H54O5/c1-27(46)48-41-19-17-39-37-13-9-29-25-31(11-15-33(29)35(37)21-23-44(39,41)2)49-42-20-18-40-38-14-10-30-26-32(50-43(47)28-7-5-4-6-8-28)12-16-34(30)36(38)22-24-45(40,42)3/h4-9,12,16,25-26,33,35-42H,10-11,13-15,17-24H2,1-3H3/t33-,35+,36+,37+,38+,39-,40-,41-,42-,44-,45-/m0/s1. The smallest absolute Gasteiger partial charge is 0.343 e. The summed E-state index contributed by atoms with van der Waals surface area (Å²) in [6.07, 6.45) is 20.7. The van der Waals surface area contributed by atoms with Crippen LogP contribution in [0, 0.1) is 46.3 Å². The summed E-state index contributed by atoms with van der Waals surface area (Å²) in [4.78, 5) is 24.6. The first-order valence-corrected chi connectivity index (χ1v) is 19.9. The number of allylic oxidation sites excluding steroid dienone is 4. The van der Waals surface area contributed by atoms with Crippen LogP contribution >= 0.6 is 0 Å². The highest BCUT2D eigenvalue weighted by atomic mass is 16.5. The number of ether oxygens (including phenoxy) is 3. The van der Waals surface area contributed by atoms with Gasteiger partial charge in [0.25, 0.3) is 0 Å². The molecule has 9 rings (SSSR count). The van der Waals surface area contributed by atoms with Gasteiger partial charge in [-0.25, -0.2) is 4.79 Å². The largest absolute Gasteiger partial charge is 0.494 e. The minimum atomic E-state index is -0.293. The average Bonchev–Trinajstić information content (AvgIpc) is 3.63. The lowest BCUT2D eigenvalue weighted by Crippen LogP contribution is -2.47. The van der Waals surface area contributed by atoms with Gasteiger partial charge in [-0.15, -0.1) is 0 Å². The molecule has 0 heterocycles. The van der Waals surface area contributed by atoms with E-state index in [1.807, 2.05) is 24.3 Å². The van der Waals surface area contributed by atoms with Gasteiger partial charge in [0, 0.05) is 24.2 Å². The summed E-state index contributed by atoms with van der Waals surface area (Å²) in [5.41, 5.74) is 5.35. The van der Waals surface area contributed by atoms with E-state index in [-0.39, 0.29) is 28.9 Å². The Bertz CT molecular complexity index is 1720. The monoisotopic (exact) mass is 674 g/mol. The molecule has 264 valence electrons. The third-order valence-corrected chi connectivity index (χ3v) is 15.4. The van der Waals surface area contributed by atoms with E-state index in [0.29, 0.717) is 47.0 Å². The van der Waals surface area contributed by atoms with Gasteiger partial charge in [0.15, 0.2) is 0 Å². The Morgan fingerprint density at radius 2 is 1.50 bits per heavy atom. The van der Waals surface area contributed by atoms with Gasteiger partial charge in [-0.3, -0.25) is 4.79 Å². The van der Waals surface area contributed by atoms with Crippen LogP contribution in [0.1, 0.15) is 125 Å². The van der Waals surface area contributed by atoms with Gasteiger partial charge in [0.1, 0.15) is 18.0 Å². The van der Waals surface area contributed by atoms with Crippen LogP contribution in [0.3, 0.4) is 0 Å². The number of hydrogen-bond donors (Lipinski definition) is 0. The molecule has 0 amide bonds. The Balaban J connectivity index is 0.861.